The first-order chi connectivity index (χ1) is 15.5. The Balaban J connectivity index is 1.44. The lowest BCUT2D eigenvalue weighted by atomic mass is 9.73. The number of hydrogen-bond donors (Lipinski definition) is 1. The Morgan fingerprint density at radius 1 is 0.969 bits per heavy atom. The average molecular weight is 437 g/mol. The molecule has 3 atom stereocenters. The Labute approximate surface area is 192 Å². The van der Waals surface area contributed by atoms with Gasteiger partial charge in [0, 0.05) is 25.2 Å². The van der Waals surface area contributed by atoms with E-state index in [1.54, 1.807) is 0 Å². The van der Waals surface area contributed by atoms with E-state index in [9.17, 15) is 9.90 Å². The predicted molar refractivity (Wildman–Crippen MR) is 127 cm³/mol. The van der Waals surface area contributed by atoms with Crippen LogP contribution in [0, 0.1) is 5.92 Å². The summed E-state index contributed by atoms with van der Waals surface area (Å²) in [7, 11) is 2.29. The van der Waals surface area contributed by atoms with Gasteiger partial charge in [-0.15, -0.1) is 0 Å². The first-order valence-corrected chi connectivity index (χ1v) is 12.4. The van der Waals surface area contributed by atoms with E-state index in [0.717, 1.165) is 62.5 Å². The maximum absolute atomic E-state index is 13.4. The first kappa shape index (κ1) is 23.0. The largest absolute Gasteiger partial charge is 0.457 e. The lowest BCUT2D eigenvalue weighted by molar-refractivity contribution is -0.921. The van der Waals surface area contributed by atoms with E-state index in [4.69, 9.17) is 4.74 Å². The van der Waals surface area contributed by atoms with Crippen LogP contribution in [0.25, 0.3) is 0 Å². The minimum absolute atomic E-state index is 0.0753. The summed E-state index contributed by atoms with van der Waals surface area (Å²) in [6.07, 6.45) is 8.27. The van der Waals surface area contributed by atoms with Crippen molar-refractivity contribution < 1.29 is 19.1 Å². The lowest BCUT2D eigenvalue weighted by Gasteiger charge is -2.39. The van der Waals surface area contributed by atoms with Crippen LogP contribution in [0.2, 0.25) is 0 Å². The van der Waals surface area contributed by atoms with Crippen LogP contribution < -0.4 is 0 Å². The summed E-state index contributed by atoms with van der Waals surface area (Å²) in [6, 6.07) is 20.3. The molecular weight excluding hydrogens is 398 g/mol. The summed E-state index contributed by atoms with van der Waals surface area (Å²) in [5, 5.41) is 11.8. The van der Waals surface area contributed by atoms with Crippen molar-refractivity contribution in [1.82, 2.24) is 0 Å². The number of likely N-dealkylation sites (tertiary alicyclic amines) is 1. The Morgan fingerprint density at radius 3 is 2.31 bits per heavy atom. The molecule has 1 saturated carbocycles. The second kappa shape index (κ2) is 10.2. The molecule has 2 fully saturated rings. The topological polar surface area (TPSA) is 46.5 Å². The monoisotopic (exact) mass is 436 g/mol. The summed E-state index contributed by atoms with van der Waals surface area (Å²) in [5.74, 6) is -0.536. The Bertz CT molecular complexity index is 865. The minimum Gasteiger partial charge on any atom is -0.457 e. The van der Waals surface area contributed by atoms with Gasteiger partial charge in [0.1, 0.15) is 12.6 Å². The van der Waals surface area contributed by atoms with Crippen LogP contribution in [0.5, 0.6) is 0 Å². The fourth-order valence-electron chi connectivity index (χ4n) is 5.78. The smallest absolute Gasteiger partial charge is 0.343 e. The van der Waals surface area contributed by atoms with Crippen LogP contribution in [0.1, 0.15) is 56.1 Å². The molecule has 1 aliphatic carbocycles. The van der Waals surface area contributed by atoms with E-state index in [0.29, 0.717) is 12.2 Å². The molecule has 1 saturated heterocycles. The fourth-order valence-corrected chi connectivity index (χ4v) is 5.78. The third-order valence-corrected chi connectivity index (χ3v) is 7.97. The highest BCUT2D eigenvalue weighted by atomic mass is 16.6. The van der Waals surface area contributed by atoms with E-state index in [1.165, 1.54) is 12.0 Å². The first-order valence-electron chi connectivity index (χ1n) is 12.4. The van der Waals surface area contributed by atoms with Gasteiger partial charge in [0.2, 0.25) is 0 Å². The molecule has 2 aromatic carbocycles. The van der Waals surface area contributed by atoms with Gasteiger partial charge in [0.15, 0.2) is 5.60 Å². The summed E-state index contributed by atoms with van der Waals surface area (Å²) < 4.78 is 6.87. The van der Waals surface area contributed by atoms with Gasteiger partial charge in [0.05, 0.1) is 20.1 Å². The molecular formula is C28H38NO3+. The van der Waals surface area contributed by atoms with Crippen molar-refractivity contribution in [2.45, 2.75) is 63.0 Å². The van der Waals surface area contributed by atoms with Crippen LogP contribution in [0.3, 0.4) is 0 Å². The zero-order valence-electron chi connectivity index (χ0n) is 19.4. The summed E-state index contributed by atoms with van der Waals surface area (Å²) in [5.41, 5.74) is 0.475. The van der Waals surface area contributed by atoms with Gasteiger partial charge in [-0.1, -0.05) is 79.9 Å². The van der Waals surface area contributed by atoms with Crippen LogP contribution in [-0.2, 0) is 21.6 Å². The van der Waals surface area contributed by atoms with Gasteiger partial charge in [-0.3, -0.25) is 0 Å². The van der Waals surface area contributed by atoms with Gasteiger partial charge in [0.25, 0.3) is 0 Å². The van der Waals surface area contributed by atoms with E-state index in [-0.39, 0.29) is 12.0 Å². The van der Waals surface area contributed by atoms with Crippen LogP contribution >= 0.6 is 0 Å². The highest BCUT2D eigenvalue weighted by Gasteiger charge is 2.48. The molecule has 0 bridgehead atoms. The highest BCUT2D eigenvalue weighted by molar-refractivity contribution is 5.81. The molecule has 1 heterocycles. The van der Waals surface area contributed by atoms with Crippen molar-refractivity contribution in [3.63, 3.8) is 0 Å². The summed E-state index contributed by atoms with van der Waals surface area (Å²) in [4.78, 5) is 13.4. The summed E-state index contributed by atoms with van der Waals surface area (Å²) >= 11 is 0. The zero-order chi connectivity index (χ0) is 22.4. The number of aliphatic hydroxyl groups is 1. The number of benzene rings is 2. The number of likely N-dealkylation sites (N-methyl/N-ethyl adjacent to an activating group) is 1. The molecule has 0 radical (unpaired) electrons. The second-order valence-electron chi connectivity index (χ2n) is 10.0. The van der Waals surface area contributed by atoms with Gasteiger partial charge in [-0.05, 0) is 24.0 Å². The van der Waals surface area contributed by atoms with Crippen LogP contribution in [0.4, 0.5) is 0 Å². The SMILES string of the molecule is C[N+]1(CCc2ccccc2)CCCC1COC(=O)[C@](O)(c1ccccc1)C1CCCCC1. The number of rotatable bonds is 8. The predicted octanol–water partition coefficient (Wildman–Crippen LogP) is 4.85. The van der Waals surface area contributed by atoms with Gasteiger partial charge >= 0.3 is 5.97 Å². The molecule has 1 N–H and O–H groups in total. The van der Waals surface area contributed by atoms with Gasteiger partial charge < -0.3 is 14.3 Å². The van der Waals surface area contributed by atoms with E-state index < -0.39 is 11.6 Å². The molecule has 0 spiro atoms. The molecule has 2 aromatic rings. The van der Waals surface area contributed by atoms with E-state index in [1.807, 2.05) is 30.3 Å². The van der Waals surface area contributed by atoms with E-state index in [2.05, 4.69) is 37.4 Å². The van der Waals surface area contributed by atoms with E-state index >= 15 is 0 Å². The molecule has 2 unspecified atom stereocenters. The normalized spacial score (nSPS) is 25.9. The standard InChI is InChI=1S/C28H38NO3/c1-29(21-19-23-12-5-2-6-13-23)20-11-18-26(29)22-32-27(30)28(31,24-14-7-3-8-15-24)25-16-9-4-10-17-25/h2-3,5-8,12-15,25-26,31H,4,9-11,16-22H2,1H3/q+1/t26?,28-,29?/m0/s1. The molecule has 2 aliphatic rings. The van der Waals surface area contributed by atoms with Gasteiger partial charge in [-0.2, -0.15) is 0 Å². The number of nitrogens with zero attached hydrogens (tertiary/aromatic N) is 1. The van der Waals surface area contributed by atoms with Crippen molar-refractivity contribution >= 4 is 5.97 Å². The maximum Gasteiger partial charge on any atom is 0.343 e. The van der Waals surface area contributed by atoms with Crippen molar-refractivity contribution in [2.75, 3.05) is 26.7 Å². The van der Waals surface area contributed by atoms with Crippen molar-refractivity contribution in [1.29, 1.82) is 0 Å². The third-order valence-electron chi connectivity index (χ3n) is 7.97. The van der Waals surface area contributed by atoms with Crippen molar-refractivity contribution in [3.8, 4) is 0 Å². The highest BCUT2D eigenvalue weighted by Crippen LogP contribution is 2.40. The molecule has 4 heteroatoms. The molecule has 4 nitrogen and oxygen atoms in total. The number of hydrogen-bond acceptors (Lipinski definition) is 3. The van der Waals surface area contributed by atoms with Crippen molar-refractivity contribution in [3.05, 3.63) is 71.8 Å². The number of esters is 1. The van der Waals surface area contributed by atoms with Gasteiger partial charge in [-0.25, -0.2) is 4.79 Å². The Kier molecular flexibility index (Phi) is 7.32. The Morgan fingerprint density at radius 2 is 1.62 bits per heavy atom. The third kappa shape index (κ3) is 4.92. The Hall–Kier alpha value is -2.17. The molecule has 0 amide bonds. The summed E-state index contributed by atoms with van der Waals surface area (Å²) in [6.45, 7) is 2.53. The molecule has 1 aliphatic heterocycles. The number of quaternary nitrogens is 1. The average Bonchev–Trinajstić information content (AvgIpc) is 3.23. The maximum atomic E-state index is 13.4. The molecule has 32 heavy (non-hydrogen) atoms. The van der Waals surface area contributed by atoms with Crippen molar-refractivity contribution in [2.24, 2.45) is 5.92 Å². The fraction of sp³-hybridized carbons (Fsp3) is 0.536. The number of carbonyl (C=O) groups is 1. The molecule has 4 rings (SSSR count). The van der Waals surface area contributed by atoms with Crippen LogP contribution in [-0.4, -0.2) is 48.3 Å². The zero-order valence-corrected chi connectivity index (χ0v) is 19.4. The quantitative estimate of drug-likeness (QED) is 0.475. The lowest BCUT2D eigenvalue weighted by Crippen LogP contribution is -2.52. The number of ether oxygens (including phenoxy) is 1. The minimum atomic E-state index is -1.55. The van der Waals surface area contributed by atoms with Crippen LogP contribution in [0.15, 0.2) is 60.7 Å². The molecule has 0 aromatic heterocycles. The number of carbonyl (C=O) groups excluding carboxylic acids is 1. The second-order valence-corrected chi connectivity index (χ2v) is 10.0. The molecule has 172 valence electrons.